The Labute approximate surface area is 72.6 Å². The van der Waals surface area contributed by atoms with Crippen molar-refractivity contribution in [3.63, 3.8) is 0 Å². The second-order valence-corrected chi connectivity index (χ2v) is 1.11. The van der Waals surface area contributed by atoms with Gasteiger partial charge in [-0.2, -0.15) is 0 Å². The van der Waals surface area contributed by atoms with Gasteiger partial charge in [-0.1, -0.05) is 0 Å². The van der Waals surface area contributed by atoms with E-state index in [1.807, 2.05) is 0 Å². The predicted molar refractivity (Wildman–Crippen MR) is 24.6 cm³/mol. The molecule has 40 valence electrons. The molecule has 0 aliphatic heterocycles. The quantitative estimate of drug-likeness (QED) is 0.363. The number of rotatable bonds is 1. The molecule has 2 radical (unpaired) electrons. The first-order valence-corrected chi connectivity index (χ1v) is 1.77. The number of hydrogen-bond donors (Lipinski definition) is 1. The van der Waals surface area contributed by atoms with Crippen LogP contribution in [0.25, 0.3) is 0 Å². The third kappa shape index (κ3) is 4.65. The van der Waals surface area contributed by atoms with Crippen LogP contribution in [0.2, 0.25) is 0 Å². The molecule has 0 spiro atoms. The molecule has 0 fully saturated rings. The Morgan fingerprint density at radius 3 is 2.38 bits per heavy atom. The second-order valence-electron chi connectivity index (χ2n) is 1.11. The van der Waals surface area contributed by atoms with Gasteiger partial charge in [0.15, 0.2) is 0 Å². The smallest absolute Gasteiger partial charge is 1.00 e. The van der Waals surface area contributed by atoms with E-state index in [2.05, 4.69) is 12.7 Å². The van der Waals surface area contributed by atoms with Crippen LogP contribution in [0, 0.1) is 0 Å². The Morgan fingerprint density at radius 2 is 2.38 bits per heavy atom. The molecule has 1 atom stereocenters. The Morgan fingerprint density at radius 1 is 2.00 bits per heavy atom. The van der Waals surface area contributed by atoms with E-state index in [-0.39, 0.29) is 31.0 Å². The average molecular weight is 124 g/mol. The van der Waals surface area contributed by atoms with Crippen LogP contribution in [-0.4, -0.2) is 25.2 Å². The molecule has 0 aromatic heterocycles. The van der Waals surface area contributed by atoms with Crippen molar-refractivity contribution in [1.29, 1.82) is 0 Å². The largest absolute Gasteiger partial charge is 1.00 e. The molecule has 0 saturated carbocycles. The maximum Gasteiger partial charge on any atom is 1.00 e. The predicted octanol–water partition coefficient (Wildman–Crippen LogP) is -3.89. The van der Waals surface area contributed by atoms with E-state index in [1.165, 1.54) is 6.92 Å². The zero-order chi connectivity index (χ0) is 5.86. The van der Waals surface area contributed by atoms with E-state index in [1.54, 1.807) is 0 Å². The summed E-state index contributed by atoms with van der Waals surface area (Å²) in [6.07, 6.45) is -1.12. The molecule has 0 amide bonds. The molecule has 0 aliphatic rings. The van der Waals surface area contributed by atoms with E-state index < -0.39 is 12.1 Å². The van der Waals surface area contributed by atoms with E-state index in [9.17, 15) is 4.79 Å². The van der Waals surface area contributed by atoms with Gasteiger partial charge in [0.25, 0.3) is 0 Å². The molecule has 0 saturated heterocycles. The first-order chi connectivity index (χ1) is 3.18. The molecule has 0 rings (SSSR count). The Hall–Kier alpha value is 0.495. The molecule has 0 aromatic rings. The van der Waals surface area contributed by atoms with Gasteiger partial charge in [-0.3, -0.25) is 4.79 Å². The Kier molecular flexibility index (Phi) is 7.96. The van der Waals surface area contributed by atoms with Gasteiger partial charge in [-0.25, -0.2) is 0 Å². The molecule has 0 aromatic carbocycles. The number of carbonyl (C=O) groups is 1. The summed E-state index contributed by atoms with van der Waals surface area (Å²) in [4.78, 5) is 9.91. The minimum atomic E-state index is -1.12. The Balaban J connectivity index is -0.000000180. The van der Waals surface area contributed by atoms with E-state index in [4.69, 9.17) is 5.11 Å². The van der Waals surface area contributed by atoms with Crippen LogP contribution in [0.5, 0.6) is 0 Å². The van der Waals surface area contributed by atoms with Crippen molar-refractivity contribution < 1.29 is 45.5 Å². The fraction of sp³-hybridized carbons (Fsp3) is 0.667. The van der Waals surface area contributed by atoms with Gasteiger partial charge in [0.1, 0.15) is 6.10 Å². The van der Waals surface area contributed by atoms with Crippen molar-refractivity contribution in [2.75, 3.05) is 0 Å². The molecule has 0 aliphatic carbocycles. The summed E-state index contributed by atoms with van der Waals surface area (Å²) in [5, 5.41) is 8.27. The van der Waals surface area contributed by atoms with E-state index in [0.29, 0.717) is 0 Å². The van der Waals surface area contributed by atoms with Gasteiger partial charge >= 0.3 is 43.6 Å². The van der Waals surface area contributed by atoms with Gasteiger partial charge in [-0.15, -0.1) is 0 Å². The molecular formula is C3H6BNaO3. The SMILES string of the molecule is [B]OC(=O)C(C)O.[H-].[Na+]. The van der Waals surface area contributed by atoms with Gasteiger partial charge in [0.05, 0.1) is 0 Å². The van der Waals surface area contributed by atoms with Crippen molar-refractivity contribution in [3.05, 3.63) is 0 Å². The maximum atomic E-state index is 9.91. The number of hydrogen-bond acceptors (Lipinski definition) is 3. The van der Waals surface area contributed by atoms with Crippen molar-refractivity contribution in [2.24, 2.45) is 0 Å². The monoisotopic (exact) mass is 124 g/mol. The number of aliphatic hydroxyl groups is 1. The Bertz CT molecular complexity index is 79.5. The van der Waals surface area contributed by atoms with Crippen LogP contribution in [0.1, 0.15) is 8.35 Å². The van der Waals surface area contributed by atoms with Crippen LogP contribution in [-0.2, 0) is 9.45 Å². The summed E-state index contributed by atoms with van der Waals surface area (Å²) >= 11 is 0. The third-order valence-corrected chi connectivity index (χ3v) is 0.457. The molecule has 3 nitrogen and oxygen atoms in total. The summed E-state index contributed by atoms with van der Waals surface area (Å²) in [5.41, 5.74) is 0. The van der Waals surface area contributed by atoms with Gasteiger partial charge in [-0.05, 0) is 6.92 Å². The van der Waals surface area contributed by atoms with Crippen LogP contribution in [0.3, 0.4) is 0 Å². The van der Waals surface area contributed by atoms with Crippen molar-refractivity contribution in [1.82, 2.24) is 0 Å². The summed E-state index contributed by atoms with van der Waals surface area (Å²) in [5.74, 6) is -0.819. The maximum absolute atomic E-state index is 9.91. The molecular weight excluding hydrogens is 118 g/mol. The molecule has 1 N–H and O–H groups in total. The van der Waals surface area contributed by atoms with Gasteiger partial charge < -0.3 is 11.2 Å². The normalized spacial score (nSPS) is 11.2. The summed E-state index contributed by atoms with van der Waals surface area (Å²) in [7, 11) is 4.36. The fourth-order valence-corrected chi connectivity index (χ4v) is 0.0985. The van der Waals surface area contributed by atoms with Crippen molar-refractivity contribution in [2.45, 2.75) is 13.0 Å². The van der Waals surface area contributed by atoms with Gasteiger partial charge in [0.2, 0.25) is 0 Å². The fourth-order valence-electron chi connectivity index (χ4n) is 0.0985. The summed E-state index contributed by atoms with van der Waals surface area (Å²) in [6, 6.07) is 0. The standard InChI is InChI=1S/C3H5BO3.Na.H/c1-2(5)3(6)7-4;;/h2,5H,1H3;;/q;+1;-1. The third-order valence-electron chi connectivity index (χ3n) is 0.457. The first kappa shape index (κ1) is 11.3. The summed E-state index contributed by atoms with van der Waals surface area (Å²) < 4.78 is 3.62. The topological polar surface area (TPSA) is 46.5 Å². The molecule has 5 heteroatoms. The molecule has 8 heavy (non-hydrogen) atoms. The zero-order valence-corrected chi connectivity index (χ0v) is 6.92. The van der Waals surface area contributed by atoms with E-state index in [0.717, 1.165) is 0 Å². The minimum Gasteiger partial charge on any atom is -1.00 e. The van der Waals surface area contributed by atoms with E-state index >= 15 is 0 Å². The van der Waals surface area contributed by atoms with Crippen LogP contribution >= 0.6 is 0 Å². The van der Waals surface area contributed by atoms with Crippen LogP contribution in [0.4, 0.5) is 0 Å². The molecule has 1 unspecified atom stereocenters. The average Bonchev–Trinajstić information content (AvgIpc) is 1.65. The van der Waals surface area contributed by atoms with Gasteiger partial charge in [0, 0.05) is 0 Å². The number of carbonyl (C=O) groups excluding carboxylic acids is 1. The number of aliphatic hydroxyl groups excluding tert-OH is 1. The summed E-state index contributed by atoms with van der Waals surface area (Å²) in [6.45, 7) is 1.27. The molecule has 0 heterocycles. The first-order valence-electron chi connectivity index (χ1n) is 1.77. The van der Waals surface area contributed by atoms with Crippen molar-refractivity contribution in [3.8, 4) is 0 Å². The van der Waals surface area contributed by atoms with Crippen LogP contribution in [0.15, 0.2) is 0 Å². The minimum absolute atomic E-state index is 0. The molecule has 0 bridgehead atoms. The zero-order valence-electron chi connectivity index (χ0n) is 5.92. The second kappa shape index (κ2) is 5.63. The van der Waals surface area contributed by atoms with Crippen LogP contribution < -0.4 is 29.6 Å². The van der Waals surface area contributed by atoms with Crippen molar-refractivity contribution >= 4 is 14.0 Å².